The van der Waals surface area contributed by atoms with Gasteiger partial charge in [0.15, 0.2) is 6.61 Å². The Morgan fingerprint density at radius 3 is 2.65 bits per heavy atom. The minimum Gasteiger partial charge on any atom is -0.469 e. The number of benzene rings is 1. The molecule has 1 aromatic carbocycles. The van der Waals surface area contributed by atoms with Crippen LogP contribution in [0.5, 0.6) is 0 Å². The van der Waals surface area contributed by atoms with Crippen molar-refractivity contribution < 1.29 is 18.7 Å². The molecule has 0 aliphatic heterocycles. The second kappa shape index (κ2) is 7.53. The molecule has 0 aliphatic carbocycles. The molecule has 0 radical (unpaired) electrons. The predicted molar refractivity (Wildman–Crippen MR) is 86.7 cm³/mol. The van der Waals surface area contributed by atoms with Crippen molar-refractivity contribution in [2.75, 3.05) is 6.61 Å². The lowest BCUT2D eigenvalue weighted by atomic mass is 10.1. The highest BCUT2D eigenvalue weighted by molar-refractivity contribution is 6.35. The standard InChI is InChI=1S/C16H15Cl2NO4/c1-9(12-4-3-11(17)7-14(12)18)19-15(20)8-23-16(21)13-5-6-22-10(13)2/h3-7,9H,8H2,1-2H3,(H,19,20)/t9-/m1/s1. The Bertz CT molecular complexity index is 727. The van der Waals surface area contributed by atoms with E-state index in [2.05, 4.69) is 5.32 Å². The molecular weight excluding hydrogens is 341 g/mol. The van der Waals surface area contributed by atoms with E-state index in [4.69, 9.17) is 32.4 Å². The van der Waals surface area contributed by atoms with Gasteiger partial charge < -0.3 is 14.5 Å². The van der Waals surface area contributed by atoms with Gasteiger partial charge in [0.25, 0.3) is 5.91 Å². The summed E-state index contributed by atoms with van der Waals surface area (Å²) in [7, 11) is 0. The van der Waals surface area contributed by atoms with Crippen LogP contribution in [0.15, 0.2) is 34.9 Å². The highest BCUT2D eigenvalue weighted by atomic mass is 35.5. The topological polar surface area (TPSA) is 68.5 Å². The SMILES string of the molecule is Cc1occc1C(=O)OCC(=O)N[C@H](C)c1ccc(Cl)cc1Cl. The van der Waals surface area contributed by atoms with Crippen molar-refractivity contribution in [3.8, 4) is 0 Å². The first-order valence-electron chi connectivity index (χ1n) is 6.84. The molecule has 2 aromatic rings. The summed E-state index contributed by atoms with van der Waals surface area (Å²) in [6.45, 7) is 3.02. The van der Waals surface area contributed by atoms with Crippen molar-refractivity contribution in [2.24, 2.45) is 0 Å². The quantitative estimate of drug-likeness (QED) is 0.825. The third-order valence-corrected chi connectivity index (χ3v) is 3.78. The van der Waals surface area contributed by atoms with Gasteiger partial charge >= 0.3 is 5.97 Å². The monoisotopic (exact) mass is 355 g/mol. The first kappa shape index (κ1) is 17.4. The lowest BCUT2D eigenvalue weighted by molar-refractivity contribution is -0.124. The second-order valence-electron chi connectivity index (χ2n) is 4.92. The molecule has 1 aromatic heterocycles. The molecule has 1 amide bonds. The molecule has 0 spiro atoms. The number of esters is 1. The molecule has 122 valence electrons. The van der Waals surface area contributed by atoms with Crippen LogP contribution in [0.25, 0.3) is 0 Å². The van der Waals surface area contributed by atoms with Gasteiger partial charge in [0, 0.05) is 10.0 Å². The Labute approximate surface area is 143 Å². The number of nitrogens with one attached hydrogen (secondary N) is 1. The lowest BCUT2D eigenvalue weighted by Crippen LogP contribution is -2.31. The Kier molecular flexibility index (Phi) is 5.69. The van der Waals surface area contributed by atoms with Gasteiger partial charge in [0.1, 0.15) is 11.3 Å². The van der Waals surface area contributed by atoms with Crippen LogP contribution in [-0.4, -0.2) is 18.5 Å². The van der Waals surface area contributed by atoms with Gasteiger partial charge in [0.2, 0.25) is 0 Å². The van der Waals surface area contributed by atoms with E-state index in [1.807, 2.05) is 0 Å². The van der Waals surface area contributed by atoms with Crippen LogP contribution in [0.3, 0.4) is 0 Å². The summed E-state index contributed by atoms with van der Waals surface area (Å²) >= 11 is 11.9. The summed E-state index contributed by atoms with van der Waals surface area (Å²) < 4.78 is 9.96. The van der Waals surface area contributed by atoms with Gasteiger partial charge in [-0.05, 0) is 37.6 Å². The molecule has 1 heterocycles. The van der Waals surface area contributed by atoms with Crippen LogP contribution in [0.1, 0.15) is 34.6 Å². The minimum atomic E-state index is -0.608. The fourth-order valence-corrected chi connectivity index (χ4v) is 2.59. The van der Waals surface area contributed by atoms with Crippen molar-refractivity contribution in [1.82, 2.24) is 5.32 Å². The van der Waals surface area contributed by atoms with E-state index in [-0.39, 0.29) is 12.6 Å². The molecule has 0 saturated heterocycles. The van der Waals surface area contributed by atoms with Crippen molar-refractivity contribution in [3.05, 3.63) is 57.5 Å². The predicted octanol–water partition coefficient (Wildman–Crippen LogP) is 3.93. The Hall–Kier alpha value is -1.98. The normalized spacial score (nSPS) is 11.8. The maximum absolute atomic E-state index is 11.9. The summed E-state index contributed by atoms with van der Waals surface area (Å²) in [4.78, 5) is 23.7. The summed E-state index contributed by atoms with van der Waals surface area (Å²) in [5, 5.41) is 3.67. The highest BCUT2D eigenvalue weighted by Gasteiger charge is 2.17. The number of amides is 1. The molecule has 0 unspecified atom stereocenters. The van der Waals surface area contributed by atoms with Gasteiger partial charge in [0.05, 0.1) is 12.3 Å². The van der Waals surface area contributed by atoms with Gasteiger partial charge in [-0.25, -0.2) is 4.79 Å². The van der Waals surface area contributed by atoms with Crippen LogP contribution in [-0.2, 0) is 9.53 Å². The number of hydrogen-bond donors (Lipinski definition) is 1. The first-order chi connectivity index (χ1) is 10.9. The molecule has 1 atom stereocenters. The molecule has 2 rings (SSSR count). The first-order valence-corrected chi connectivity index (χ1v) is 7.59. The summed E-state index contributed by atoms with van der Waals surface area (Å²) in [6.07, 6.45) is 1.39. The van der Waals surface area contributed by atoms with E-state index >= 15 is 0 Å². The maximum atomic E-state index is 11.9. The molecule has 0 saturated carbocycles. The fraction of sp³-hybridized carbons (Fsp3) is 0.250. The Balaban J connectivity index is 1.89. The van der Waals surface area contributed by atoms with E-state index in [0.717, 1.165) is 5.56 Å². The van der Waals surface area contributed by atoms with Gasteiger partial charge in [-0.2, -0.15) is 0 Å². The van der Waals surface area contributed by atoms with E-state index in [0.29, 0.717) is 21.4 Å². The number of halogens is 2. The molecule has 7 heteroatoms. The van der Waals surface area contributed by atoms with E-state index < -0.39 is 11.9 Å². The number of furan rings is 1. The molecule has 0 aliphatic rings. The van der Waals surface area contributed by atoms with Crippen LogP contribution in [0.2, 0.25) is 10.0 Å². The fourth-order valence-electron chi connectivity index (χ4n) is 2.02. The lowest BCUT2D eigenvalue weighted by Gasteiger charge is -2.16. The number of ether oxygens (including phenoxy) is 1. The van der Waals surface area contributed by atoms with Gasteiger partial charge in [-0.3, -0.25) is 4.79 Å². The Morgan fingerprint density at radius 2 is 2.04 bits per heavy atom. The van der Waals surface area contributed by atoms with E-state index in [1.54, 1.807) is 32.0 Å². The average molecular weight is 356 g/mol. The summed E-state index contributed by atoms with van der Waals surface area (Å²) in [6, 6.07) is 6.17. The van der Waals surface area contributed by atoms with Gasteiger partial charge in [-0.1, -0.05) is 29.3 Å². The van der Waals surface area contributed by atoms with Crippen molar-refractivity contribution >= 4 is 35.1 Å². The van der Waals surface area contributed by atoms with Gasteiger partial charge in [-0.15, -0.1) is 0 Å². The van der Waals surface area contributed by atoms with Crippen molar-refractivity contribution in [3.63, 3.8) is 0 Å². The van der Waals surface area contributed by atoms with Crippen LogP contribution < -0.4 is 5.32 Å². The van der Waals surface area contributed by atoms with Crippen LogP contribution in [0, 0.1) is 6.92 Å². The van der Waals surface area contributed by atoms with Crippen molar-refractivity contribution in [2.45, 2.75) is 19.9 Å². The molecule has 23 heavy (non-hydrogen) atoms. The smallest absolute Gasteiger partial charge is 0.342 e. The van der Waals surface area contributed by atoms with E-state index in [9.17, 15) is 9.59 Å². The zero-order chi connectivity index (χ0) is 17.0. The molecule has 0 fully saturated rings. The second-order valence-corrected chi connectivity index (χ2v) is 5.77. The highest BCUT2D eigenvalue weighted by Crippen LogP contribution is 2.26. The third kappa shape index (κ3) is 4.50. The third-order valence-electron chi connectivity index (χ3n) is 3.22. The molecule has 5 nitrogen and oxygen atoms in total. The van der Waals surface area contributed by atoms with Crippen molar-refractivity contribution in [1.29, 1.82) is 0 Å². The summed E-state index contributed by atoms with van der Waals surface area (Å²) in [5.74, 6) is -0.599. The maximum Gasteiger partial charge on any atom is 0.342 e. The molecular formula is C16H15Cl2NO4. The average Bonchev–Trinajstić information content (AvgIpc) is 2.90. The Morgan fingerprint density at radius 1 is 1.30 bits per heavy atom. The number of hydrogen-bond acceptors (Lipinski definition) is 4. The molecule has 0 bridgehead atoms. The van der Waals surface area contributed by atoms with Crippen LogP contribution >= 0.6 is 23.2 Å². The van der Waals surface area contributed by atoms with E-state index in [1.165, 1.54) is 12.3 Å². The van der Waals surface area contributed by atoms with Crippen LogP contribution in [0.4, 0.5) is 0 Å². The zero-order valence-corrected chi connectivity index (χ0v) is 14.1. The summed E-state index contributed by atoms with van der Waals surface area (Å²) in [5.41, 5.74) is 1.02. The zero-order valence-electron chi connectivity index (χ0n) is 12.6. The number of carbonyl (C=O) groups excluding carboxylic acids is 2. The largest absolute Gasteiger partial charge is 0.469 e. The number of aryl methyl sites for hydroxylation is 1. The molecule has 1 N–H and O–H groups in total. The number of rotatable bonds is 5. The minimum absolute atomic E-state index is 0.298. The number of carbonyl (C=O) groups is 2.